The third-order valence-corrected chi connectivity index (χ3v) is 1.67. The van der Waals surface area contributed by atoms with Crippen molar-refractivity contribution in [3.05, 3.63) is 29.6 Å². The zero-order valence-electron chi connectivity index (χ0n) is 7.83. The van der Waals surface area contributed by atoms with Gasteiger partial charge in [-0.15, -0.1) is 13.2 Å². The van der Waals surface area contributed by atoms with E-state index >= 15 is 0 Å². The predicted octanol–water partition coefficient (Wildman–Crippen LogP) is 1.28. The topological polar surface area (TPSA) is 49.7 Å². The minimum atomic E-state index is -4.99. The number of ether oxygens (including phenoxy) is 1. The molecule has 1 aromatic carbocycles. The summed E-state index contributed by atoms with van der Waals surface area (Å²) < 4.78 is 52.2. The Labute approximate surface area is 88.4 Å². The van der Waals surface area contributed by atoms with E-state index in [0.717, 1.165) is 18.2 Å². The van der Waals surface area contributed by atoms with Crippen molar-refractivity contribution in [1.29, 1.82) is 0 Å². The van der Waals surface area contributed by atoms with Gasteiger partial charge in [0.05, 0.1) is 0 Å². The van der Waals surface area contributed by atoms with Gasteiger partial charge in [0.25, 0.3) is 0 Å². The Hall–Kier alpha value is -1.28. The molecule has 8 heteroatoms. The summed E-state index contributed by atoms with van der Waals surface area (Å²) in [5, 5.41) is 17.2. The van der Waals surface area contributed by atoms with E-state index < -0.39 is 31.4 Å². The molecule has 0 unspecified atom stereocenters. The molecule has 0 bridgehead atoms. The van der Waals surface area contributed by atoms with Crippen LogP contribution < -0.4 is 4.74 Å². The monoisotopic (exact) mass is 238 g/mol. The van der Waals surface area contributed by atoms with Gasteiger partial charge in [0.1, 0.15) is 0 Å². The van der Waals surface area contributed by atoms with Crippen LogP contribution in [0.3, 0.4) is 0 Å². The summed E-state index contributed by atoms with van der Waals surface area (Å²) >= 11 is 0. The number of hydrogen-bond acceptors (Lipinski definition) is 3. The van der Waals surface area contributed by atoms with Gasteiger partial charge < -0.3 is 14.8 Å². The second kappa shape index (κ2) is 4.71. The first kappa shape index (κ1) is 12.8. The first-order valence-electron chi connectivity index (χ1n) is 4.19. The highest BCUT2D eigenvalue weighted by molar-refractivity contribution is 6.40. The summed E-state index contributed by atoms with van der Waals surface area (Å²) in [6.07, 6.45) is -5.50. The lowest BCUT2D eigenvalue weighted by molar-refractivity contribution is -0.275. The van der Waals surface area contributed by atoms with E-state index in [1.54, 1.807) is 0 Å². The molecular formula is C8H7BF4O3. The molecule has 0 spiro atoms. The fraction of sp³-hybridized carbons (Fsp3) is 0.250. The molecule has 0 radical (unpaired) electrons. The molecule has 0 heterocycles. The van der Waals surface area contributed by atoms with Crippen molar-refractivity contribution in [3.8, 4) is 5.75 Å². The summed E-state index contributed by atoms with van der Waals surface area (Å²) in [5.74, 6) is -2.25. The molecule has 0 atom stereocenters. The van der Waals surface area contributed by atoms with Gasteiger partial charge in [0.2, 0.25) is 0 Å². The average molecular weight is 238 g/mol. The van der Waals surface area contributed by atoms with Crippen molar-refractivity contribution in [2.75, 3.05) is 0 Å². The highest BCUT2D eigenvalue weighted by Crippen LogP contribution is 2.27. The van der Waals surface area contributed by atoms with Crippen molar-refractivity contribution in [1.82, 2.24) is 0 Å². The Morgan fingerprint density at radius 2 is 1.88 bits per heavy atom. The molecule has 0 amide bonds. The third kappa shape index (κ3) is 3.71. The van der Waals surface area contributed by atoms with Crippen LogP contribution >= 0.6 is 0 Å². The summed E-state index contributed by atoms with van der Waals surface area (Å²) in [6.45, 7) is 0. The average Bonchev–Trinajstić information content (AvgIpc) is 2.09. The van der Waals surface area contributed by atoms with Gasteiger partial charge in [0.15, 0.2) is 11.6 Å². The minimum Gasteiger partial charge on any atom is -0.427 e. The molecular weight excluding hydrogens is 231 g/mol. The molecule has 16 heavy (non-hydrogen) atoms. The predicted molar refractivity (Wildman–Crippen MR) is 47.0 cm³/mol. The fourth-order valence-corrected chi connectivity index (χ4v) is 1.11. The molecule has 1 aromatic rings. The van der Waals surface area contributed by atoms with E-state index in [9.17, 15) is 17.6 Å². The quantitative estimate of drug-likeness (QED) is 0.615. The molecule has 2 N–H and O–H groups in total. The molecule has 0 aliphatic rings. The molecule has 0 fully saturated rings. The van der Waals surface area contributed by atoms with E-state index in [4.69, 9.17) is 10.0 Å². The summed E-state index contributed by atoms with van der Waals surface area (Å²) in [5.41, 5.74) is -0.267. The molecule has 88 valence electrons. The standard InChI is InChI=1S/C8H7BF4O3/c10-7-5(4-9(14)15)2-1-3-6(7)16-8(11,12)13/h1-3,14-15H,4H2. The normalized spacial score (nSPS) is 11.4. The van der Waals surface area contributed by atoms with E-state index in [1.807, 2.05) is 0 Å². The van der Waals surface area contributed by atoms with Crippen molar-refractivity contribution in [2.45, 2.75) is 12.7 Å². The molecule has 0 saturated heterocycles. The lowest BCUT2D eigenvalue weighted by atomic mass is 9.82. The molecule has 0 aliphatic heterocycles. The highest BCUT2D eigenvalue weighted by atomic mass is 19.4. The summed E-state index contributed by atoms with van der Waals surface area (Å²) in [4.78, 5) is 0. The van der Waals surface area contributed by atoms with Crippen LogP contribution in [-0.4, -0.2) is 23.5 Å². The Balaban J connectivity index is 2.95. The maximum absolute atomic E-state index is 13.3. The van der Waals surface area contributed by atoms with Gasteiger partial charge >= 0.3 is 13.5 Å². The SMILES string of the molecule is OB(O)Cc1cccc(OC(F)(F)F)c1F. The Kier molecular flexibility index (Phi) is 3.76. The van der Waals surface area contributed by atoms with Gasteiger partial charge in [-0.2, -0.15) is 0 Å². The van der Waals surface area contributed by atoms with Crippen molar-refractivity contribution in [3.63, 3.8) is 0 Å². The van der Waals surface area contributed by atoms with Crippen LogP contribution in [0.25, 0.3) is 0 Å². The van der Waals surface area contributed by atoms with Gasteiger partial charge in [-0.05, 0) is 11.6 Å². The second-order valence-electron chi connectivity index (χ2n) is 2.96. The first-order valence-corrected chi connectivity index (χ1v) is 4.19. The van der Waals surface area contributed by atoms with E-state index in [1.165, 1.54) is 0 Å². The Morgan fingerprint density at radius 3 is 2.38 bits per heavy atom. The summed E-state index contributed by atoms with van der Waals surface area (Å²) in [7, 11) is -1.84. The molecule has 0 aromatic heterocycles. The van der Waals surface area contributed by atoms with Crippen LogP contribution in [0.2, 0.25) is 0 Å². The third-order valence-electron chi connectivity index (χ3n) is 1.67. The first-order chi connectivity index (χ1) is 7.29. The zero-order chi connectivity index (χ0) is 12.3. The van der Waals surface area contributed by atoms with Crippen LogP contribution in [-0.2, 0) is 6.32 Å². The Morgan fingerprint density at radius 1 is 1.25 bits per heavy atom. The van der Waals surface area contributed by atoms with E-state index in [2.05, 4.69) is 4.74 Å². The lowest BCUT2D eigenvalue weighted by Gasteiger charge is -2.11. The zero-order valence-corrected chi connectivity index (χ0v) is 7.83. The molecule has 0 saturated carbocycles. The van der Waals surface area contributed by atoms with Gasteiger partial charge in [0, 0.05) is 6.32 Å². The number of benzene rings is 1. The number of alkyl halides is 3. The van der Waals surface area contributed by atoms with Gasteiger partial charge in [-0.1, -0.05) is 12.1 Å². The van der Waals surface area contributed by atoms with Crippen LogP contribution in [0.15, 0.2) is 18.2 Å². The number of halogens is 4. The van der Waals surface area contributed by atoms with Gasteiger partial charge in [-0.3, -0.25) is 0 Å². The van der Waals surface area contributed by atoms with Crippen molar-refractivity contribution >= 4 is 7.12 Å². The van der Waals surface area contributed by atoms with Crippen molar-refractivity contribution in [2.24, 2.45) is 0 Å². The lowest BCUT2D eigenvalue weighted by Crippen LogP contribution is -2.20. The van der Waals surface area contributed by atoms with Crippen molar-refractivity contribution < 1.29 is 32.3 Å². The highest BCUT2D eigenvalue weighted by Gasteiger charge is 2.32. The maximum Gasteiger partial charge on any atom is 0.573 e. The summed E-state index contributed by atoms with van der Waals surface area (Å²) in [6, 6.07) is 3.07. The minimum absolute atomic E-state index is 0.267. The molecule has 0 aliphatic carbocycles. The number of hydrogen-bond donors (Lipinski definition) is 2. The van der Waals surface area contributed by atoms with E-state index in [-0.39, 0.29) is 5.56 Å². The molecule has 3 nitrogen and oxygen atoms in total. The molecule has 1 rings (SSSR count). The van der Waals surface area contributed by atoms with Crippen LogP contribution in [0.5, 0.6) is 5.75 Å². The van der Waals surface area contributed by atoms with Crippen LogP contribution in [0.1, 0.15) is 5.56 Å². The van der Waals surface area contributed by atoms with Crippen LogP contribution in [0.4, 0.5) is 17.6 Å². The smallest absolute Gasteiger partial charge is 0.427 e. The van der Waals surface area contributed by atoms with Gasteiger partial charge in [-0.25, -0.2) is 4.39 Å². The van der Waals surface area contributed by atoms with Crippen LogP contribution in [0, 0.1) is 5.82 Å². The van der Waals surface area contributed by atoms with E-state index in [0.29, 0.717) is 0 Å². The Bertz CT molecular complexity index is 367. The maximum atomic E-state index is 13.3. The number of rotatable bonds is 3. The largest absolute Gasteiger partial charge is 0.573 e. The second-order valence-corrected chi connectivity index (χ2v) is 2.96. The fourth-order valence-electron chi connectivity index (χ4n) is 1.11.